The topological polar surface area (TPSA) is 36.4 Å². The number of hydrogen-bond donors (Lipinski definition) is 2. The zero-order valence-corrected chi connectivity index (χ0v) is 15.1. The van der Waals surface area contributed by atoms with E-state index in [9.17, 15) is 13.2 Å². The average molecular weight is 409 g/mol. The van der Waals surface area contributed by atoms with E-state index >= 15 is 0 Å². The fraction of sp³-hybridized carbons (Fsp3) is 0.923. The molecular formula is C13H27F3IN3. The monoisotopic (exact) mass is 409 g/mol. The molecule has 0 aliphatic rings. The minimum atomic E-state index is -4.13. The lowest BCUT2D eigenvalue weighted by atomic mass is 9.90. The van der Waals surface area contributed by atoms with Crippen molar-refractivity contribution in [1.29, 1.82) is 0 Å². The second kappa shape index (κ2) is 10.5. The zero-order valence-electron chi connectivity index (χ0n) is 12.7. The largest absolute Gasteiger partial charge is 0.390 e. The van der Waals surface area contributed by atoms with Crippen molar-refractivity contribution in [3.8, 4) is 0 Å². The summed E-state index contributed by atoms with van der Waals surface area (Å²) in [5.41, 5.74) is 0.326. The van der Waals surface area contributed by atoms with Gasteiger partial charge in [-0.2, -0.15) is 13.2 Å². The SMILES string of the molecule is CN=C(NCCCCC(C)(C)C)NCCC(F)(F)F.I. The van der Waals surface area contributed by atoms with Gasteiger partial charge >= 0.3 is 6.18 Å². The van der Waals surface area contributed by atoms with Crippen LogP contribution in [0, 0.1) is 5.41 Å². The quantitative estimate of drug-likeness (QED) is 0.302. The van der Waals surface area contributed by atoms with Gasteiger partial charge in [0.05, 0.1) is 6.42 Å². The van der Waals surface area contributed by atoms with Gasteiger partial charge in [0.25, 0.3) is 0 Å². The molecule has 0 aromatic rings. The predicted octanol–water partition coefficient (Wildman–Crippen LogP) is 3.94. The van der Waals surface area contributed by atoms with Gasteiger partial charge in [0.1, 0.15) is 0 Å². The summed E-state index contributed by atoms with van der Waals surface area (Å²) in [5.74, 6) is 0.431. The molecular weight excluding hydrogens is 382 g/mol. The molecule has 0 unspecified atom stereocenters. The highest BCUT2D eigenvalue weighted by atomic mass is 127. The number of rotatable bonds is 6. The first-order chi connectivity index (χ1) is 8.64. The number of hydrogen-bond acceptors (Lipinski definition) is 1. The molecule has 122 valence electrons. The van der Waals surface area contributed by atoms with E-state index < -0.39 is 12.6 Å². The van der Waals surface area contributed by atoms with Gasteiger partial charge < -0.3 is 10.6 Å². The van der Waals surface area contributed by atoms with Gasteiger partial charge in [-0.15, -0.1) is 24.0 Å². The van der Waals surface area contributed by atoms with E-state index in [2.05, 4.69) is 36.4 Å². The lowest BCUT2D eigenvalue weighted by Gasteiger charge is -2.18. The van der Waals surface area contributed by atoms with Crippen LogP contribution in [0.5, 0.6) is 0 Å². The Morgan fingerprint density at radius 1 is 0.950 bits per heavy atom. The van der Waals surface area contributed by atoms with E-state index in [1.807, 2.05) is 0 Å². The van der Waals surface area contributed by atoms with Gasteiger partial charge in [0, 0.05) is 20.1 Å². The summed E-state index contributed by atoms with van der Waals surface area (Å²) in [7, 11) is 1.55. The highest BCUT2D eigenvalue weighted by molar-refractivity contribution is 14.0. The molecule has 0 fully saturated rings. The maximum absolute atomic E-state index is 12.0. The fourth-order valence-electron chi connectivity index (χ4n) is 1.53. The number of alkyl halides is 3. The van der Waals surface area contributed by atoms with E-state index in [1.165, 1.54) is 0 Å². The first-order valence-electron chi connectivity index (χ1n) is 6.65. The number of nitrogens with one attached hydrogen (secondary N) is 2. The Kier molecular flexibility index (Phi) is 11.6. The number of guanidine groups is 1. The summed E-state index contributed by atoms with van der Waals surface area (Å²) in [4.78, 5) is 3.88. The van der Waals surface area contributed by atoms with Gasteiger partial charge in [0.2, 0.25) is 0 Å². The van der Waals surface area contributed by atoms with Crippen molar-refractivity contribution in [2.24, 2.45) is 10.4 Å². The molecule has 3 nitrogen and oxygen atoms in total. The first kappa shape index (κ1) is 22.1. The second-order valence-corrected chi connectivity index (χ2v) is 5.81. The third-order valence-electron chi connectivity index (χ3n) is 2.57. The lowest BCUT2D eigenvalue weighted by molar-refractivity contribution is -0.132. The van der Waals surface area contributed by atoms with Crippen LogP contribution in [-0.2, 0) is 0 Å². The Balaban J connectivity index is 0. The summed E-state index contributed by atoms with van der Waals surface area (Å²) >= 11 is 0. The zero-order chi connectivity index (χ0) is 14.9. The van der Waals surface area contributed by atoms with Gasteiger partial charge in [-0.1, -0.05) is 27.2 Å². The van der Waals surface area contributed by atoms with Gasteiger partial charge in [-0.3, -0.25) is 4.99 Å². The second-order valence-electron chi connectivity index (χ2n) is 5.81. The molecule has 0 atom stereocenters. The molecule has 0 aliphatic carbocycles. The molecule has 20 heavy (non-hydrogen) atoms. The molecule has 0 radical (unpaired) electrons. The van der Waals surface area contributed by atoms with Crippen molar-refractivity contribution < 1.29 is 13.2 Å². The third kappa shape index (κ3) is 15.8. The van der Waals surface area contributed by atoms with E-state index in [4.69, 9.17) is 0 Å². The molecule has 0 saturated heterocycles. The van der Waals surface area contributed by atoms with Crippen molar-refractivity contribution >= 4 is 29.9 Å². The molecule has 2 N–H and O–H groups in total. The van der Waals surface area contributed by atoms with Crippen molar-refractivity contribution in [3.63, 3.8) is 0 Å². The summed E-state index contributed by atoms with van der Waals surface area (Å²) in [6, 6.07) is 0. The Labute approximate surface area is 137 Å². The Bertz CT molecular complexity index is 273. The molecule has 0 amide bonds. The molecule has 0 aromatic carbocycles. The Morgan fingerprint density at radius 3 is 1.95 bits per heavy atom. The normalized spacial score (nSPS) is 12.8. The lowest BCUT2D eigenvalue weighted by Crippen LogP contribution is -2.39. The molecule has 7 heteroatoms. The number of unbranched alkanes of at least 4 members (excludes halogenated alkanes) is 1. The summed E-state index contributed by atoms with van der Waals surface area (Å²) in [6.45, 7) is 7.15. The predicted molar refractivity (Wildman–Crippen MR) is 88.8 cm³/mol. The third-order valence-corrected chi connectivity index (χ3v) is 2.57. The van der Waals surface area contributed by atoms with Crippen molar-refractivity contribution in [2.45, 2.75) is 52.6 Å². The van der Waals surface area contributed by atoms with Crippen LogP contribution in [0.1, 0.15) is 46.5 Å². The minimum Gasteiger partial charge on any atom is -0.356 e. The minimum absolute atomic E-state index is 0. The first-order valence-corrected chi connectivity index (χ1v) is 6.65. The molecule has 0 saturated carbocycles. The molecule has 0 rings (SSSR count). The molecule has 0 aliphatic heterocycles. The van der Waals surface area contributed by atoms with Crippen LogP contribution in [0.25, 0.3) is 0 Å². The van der Waals surface area contributed by atoms with E-state index in [0.717, 1.165) is 25.8 Å². The van der Waals surface area contributed by atoms with Crippen molar-refractivity contribution in [3.05, 3.63) is 0 Å². The Hall–Kier alpha value is -0.210. The smallest absolute Gasteiger partial charge is 0.356 e. The number of halogens is 4. The van der Waals surface area contributed by atoms with Gasteiger partial charge in [-0.25, -0.2) is 0 Å². The number of nitrogens with zero attached hydrogens (tertiary/aromatic N) is 1. The molecule has 0 bridgehead atoms. The molecule has 0 aromatic heterocycles. The molecule has 0 spiro atoms. The van der Waals surface area contributed by atoms with Crippen molar-refractivity contribution in [1.82, 2.24) is 10.6 Å². The highest BCUT2D eigenvalue weighted by Crippen LogP contribution is 2.21. The van der Waals surface area contributed by atoms with Crippen LogP contribution >= 0.6 is 24.0 Å². The summed E-state index contributed by atoms with van der Waals surface area (Å²) < 4.78 is 35.9. The van der Waals surface area contributed by atoms with Crippen LogP contribution in [0.3, 0.4) is 0 Å². The number of aliphatic imine (C=N–C) groups is 1. The van der Waals surface area contributed by atoms with Crippen LogP contribution in [0.4, 0.5) is 13.2 Å². The standard InChI is InChI=1S/C13H26F3N3.HI/c1-12(2,3)7-5-6-9-18-11(17-4)19-10-8-13(14,15)16;/h5-10H2,1-4H3,(H2,17,18,19);1H. The van der Waals surface area contributed by atoms with Crippen LogP contribution in [-0.4, -0.2) is 32.3 Å². The van der Waals surface area contributed by atoms with E-state index in [-0.39, 0.29) is 30.5 Å². The van der Waals surface area contributed by atoms with Gasteiger partial charge in [-0.05, 0) is 18.3 Å². The van der Waals surface area contributed by atoms with E-state index in [0.29, 0.717) is 11.4 Å². The highest BCUT2D eigenvalue weighted by Gasteiger charge is 2.26. The molecule has 0 heterocycles. The maximum atomic E-state index is 12.0. The van der Waals surface area contributed by atoms with E-state index in [1.54, 1.807) is 7.05 Å². The van der Waals surface area contributed by atoms with Crippen LogP contribution in [0.2, 0.25) is 0 Å². The van der Waals surface area contributed by atoms with Crippen LogP contribution in [0.15, 0.2) is 4.99 Å². The van der Waals surface area contributed by atoms with Gasteiger partial charge in [0.15, 0.2) is 5.96 Å². The fourth-order valence-corrected chi connectivity index (χ4v) is 1.53. The Morgan fingerprint density at radius 2 is 1.50 bits per heavy atom. The summed E-state index contributed by atoms with van der Waals surface area (Å²) in [5, 5.41) is 5.67. The van der Waals surface area contributed by atoms with Crippen LogP contribution < -0.4 is 10.6 Å². The summed E-state index contributed by atoms with van der Waals surface area (Å²) in [6.07, 6.45) is -1.77. The average Bonchev–Trinajstić information content (AvgIpc) is 2.23. The van der Waals surface area contributed by atoms with Crippen molar-refractivity contribution in [2.75, 3.05) is 20.1 Å². The maximum Gasteiger partial charge on any atom is 0.390 e.